The fraction of sp³-hybridized carbons (Fsp3) is 1.00. The minimum atomic E-state index is -2.91. The van der Waals surface area contributed by atoms with Crippen LogP contribution in [0.3, 0.4) is 0 Å². The molecule has 102 valence electrons. The molecule has 1 saturated heterocycles. The Kier molecular flexibility index (Phi) is 5.89. The third-order valence-electron chi connectivity index (χ3n) is 3.54. The summed E-state index contributed by atoms with van der Waals surface area (Å²) in [5.41, 5.74) is 0. The Morgan fingerprint density at radius 2 is 1.82 bits per heavy atom. The Balaban J connectivity index is 2.26. The van der Waals surface area contributed by atoms with Crippen LogP contribution in [0.1, 0.15) is 33.6 Å². The average molecular weight is 263 g/mol. The quantitative estimate of drug-likeness (QED) is 0.783. The van der Waals surface area contributed by atoms with Crippen LogP contribution in [0.2, 0.25) is 0 Å². The Bertz CT molecular complexity index is 308. The van der Waals surface area contributed by atoms with Gasteiger partial charge in [-0.1, -0.05) is 0 Å². The van der Waals surface area contributed by atoms with E-state index < -0.39 is 9.84 Å². The summed E-state index contributed by atoms with van der Waals surface area (Å²) >= 11 is 0. The second kappa shape index (κ2) is 6.71. The SMILES string of the molecule is CC(NCCS(=O)(=O)C(C)C)C1CCOCC1. The molecule has 0 saturated carbocycles. The van der Waals surface area contributed by atoms with E-state index in [9.17, 15) is 8.42 Å². The molecule has 0 aromatic rings. The van der Waals surface area contributed by atoms with Gasteiger partial charge in [0, 0.05) is 25.8 Å². The van der Waals surface area contributed by atoms with Crippen LogP contribution in [0.5, 0.6) is 0 Å². The highest BCUT2D eigenvalue weighted by Crippen LogP contribution is 2.18. The van der Waals surface area contributed by atoms with Gasteiger partial charge in [0.15, 0.2) is 9.84 Å². The molecule has 0 aliphatic carbocycles. The van der Waals surface area contributed by atoms with Crippen LogP contribution in [0.25, 0.3) is 0 Å². The van der Waals surface area contributed by atoms with Gasteiger partial charge >= 0.3 is 0 Å². The Labute approximate surface area is 105 Å². The topological polar surface area (TPSA) is 55.4 Å². The highest BCUT2D eigenvalue weighted by Gasteiger charge is 2.21. The van der Waals surface area contributed by atoms with Crippen molar-refractivity contribution in [1.29, 1.82) is 0 Å². The predicted octanol–water partition coefficient (Wildman–Crippen LogP) is 1.21. The zero-order valence-corrected chi connectivity index (χ0v) is 11.9. The van der Waals surface area contributed by atoms with E-state index in [2.05, 4.69) is 12.2 Å². The van der Waals surface area contributed by atoms with Gasteiger partial charge in [-0.15, -0.1) is 0 Å². The first-order valence-electron chi connectivity index (χ1n) is 6.46. The van der Waals surface area contributed by atoms with E-state index in [1.165, 1.54) is 0 Å². The molecule has 1 fully saturated rings. The van der Waals surface area contributed by atoms with Crippen molar-refractivity contribution < 1.29 is 13.2 Å². The minimum absolute atomic E-state index is 0.234. The lowest BCUT2D eigenvalue weighted by molar-refractivity contribution is 0.0562. The molecule has 0 aromatic carbocycles. The van der Waals surface area contributed by atoms with Gasteiger partial charge < -0.3 is 10.1 Å². The van der Waals surface area contributed by atoms with Crippen LogP contribution in [0, 0.1) is 5.92 Å². The number of sulfone groups is 1. The van der Waals surface area contributed by atoms with Crippen molar-refractivity contribution in [2.75, 3.05) is 25.5 Å². The molecule has 0 spiro atoms. The van der Waals surface area contributed by atoms with Crippen molar-refractivity contribution >= 4 is 9.84 Å². The summed E-state index contributed by atoms with van der Waals surface area (Å²) in [6, 6.07) is 0.376. The summed E-state index contributed by atoms with van der Waals surface area (Å²) in [5.74, 6) is 0.851. The van der Waals surface area contributed by atoms with Crippen molar-refractivity contribution in [3.8, 4) is 0 Å². The van der Waals surface area contributed by atoms with E-state index in [4.69, 9.17) is 4.74 Å². The predicted molar refractivity (Wildman–Crippen MR) is 69.9 cm³/mol. The standard InChI is InChI=1S/C12H25NO3S/c1-10(2)17(14,15)9-6-13-11(3)12-4-7-16-8-5-12/h10-13H,4-9H2,1-3H3. The summed E-state index contributed by atoms with van der Waals surface area (Å²) in [6.07, 6.45) is 2.15. The molecule has 5 heteroatoms. The smallest absolute Gasteiger partial charge is 0.153 e. The average Bonchev–Trinajstić information content (AvgIpc) is 2.29. The molecule has 1 rings (SSSR count). The summed E-state index contributed by atoms with van der Waals surface area (Å²) in [4.78, 5) is 0. The second-order valence-electron chi connectivity index (χ2n) is 5.11. The van der Waals surface area contributed by atoms with Gasteiger partial charge in [0.05, 0.1) is 11.0 Å². The highest BCUT2D eigenvalue weighted by molar-refractivity contribution is 7.92. The van der Waals surface area contributed by atoms with Gasteiger partial charge in [-0.3, -0.25) is 0 Å². The molecular formula is C12H25NO3S. The van der Waals surface area contributed by atoms with Crippen LogP contribution in [-0.2, 0) is 14.6 Å². The molecule has 0 radical (unpaired) electrons. The Hall–Kier alpha value is -0.130. The first-order valence-corrected chi connectivity index (χ1v) is 8.17. The summed E-state index contributed by atoms with van der Waals surface area (Å²) in [7, 11) is -2.91. The molecule has 17 heavy (non-hydrogen) atoms. The van der Waals surface area contributed by atoms with Crippen LogP contribution >= 0.6 is 0 Å². The van der Waals surface area contributed by atoms with Gasteiger partial charge in [0.1, 0.15) is 0 Å². The highest BCUT2D eigenvalue weighted by atomic mass is 32.2. The molecule has 1 aliphatic heterocycles. The molecule has 1 unspecified atom stereocenters. The van der Waals surface area contributed by atoms with Crippen molar-refractivity contribution in [2.45, 2.75) is 44.9 Å². The summed E-state index contributed by atoms with van der Waals surface area (Å²) < 4.78 is 28.6. The molecule has 1 heterocycles. The van der Waals surface area contributed by atoms with E-state index in [-0.39, 0.29) is 11.0 Å². The molecule has 0 bridgehead atoms. The fourth-order valence-corrected chi connectivity index (χ4v) is 2.92. The number of ether oxygens (including phenoxy) is 1. The monoisotopic (exact) mass is 263 g/mol. The van der Waals surface area contributed by atoms with E-state index >= 15 is 0 Å². The number of nitrogens with one attached hydrogen (secondary N) is 1. The molecule has 1 aliphatic rings. The van der Waals surface area contributed by atoms with Crippen LogP contribution in [0.15, 0.2) is 0 Å². The number of hydrogen-bond donors (Lipinski definition) is 1. The second-order valence-corrected chi connectivity index (χ2v) is 7.79. The van der Waals surface area contributed by atoms with Crippen LogP contribution in [-0.4, -0.2) is 45.2 Å². The molecule has 1 N–H and O–H groups in total. The van der Waals surface area contributed by atoms with Gasteiger partial charge in [-0.2, -0.15) is 0 Å². The van der Waals surface area contributed by atoms with E-state index in [0.29, 0.717) is 18.5 Å². The molecule has 1 atom stereocenters. The maximum absolute atomic E-state index is 11.6. The maximum atomic E-state index is 11.6. The van der Waals surface area contributed by atoms with E-state index in [1.807, 2.05) is 0 Å². The van der Waals surface area contributed by atoms with Crippen molar-refractivity contribution in [3.05, 3.63) is 0 Å². The van der Waals surface area contributed by atoms with E-state index in [1.54, 1.807) is 13.8 Å². The van der Waals surface area contributed by atoms with E-state index in [0.717, 1.165) is 26.1 Å². The Morgan fingerprint density at radius 1 is 1.24 bits per heavy atom. The first kappa shape index (κ1) is 14.9. The molecule has 0 aromatic heterocycles. The van der Waals surface area contributed by atoms with Crippen molar-refractivity contribution in [2.24, 2.45) is 5.92 Å². The van der Waals surface area contributed by atoms with Gasteiger partial charge in [-0.05, 0) is 39.5 Å². The van der Waals surface area contributed by atoms with Gasteiger partial charge in [-0.25, -0.2) is 8.42 Å². The van der Waals surface area contributed by atoms with Crippen molar-refractivity contribution in [3.63, 3.8) is 0 Å². The molecular weight excluding hydrogens is 238 g/mol. The maximum Gasteiger partial charge on any atom is 0.153 e. The lowest BCUT2D eigenvalue weighted by Crippen LogP contribution is -2.39. The lowest BCUT2D eigenvalue weighted by Gasteiger charge is -2.28. The van der Waals surface area contributed by atoms with Gasteiger partial charge in [0.2, 0.25) is 0 Å². The lowest BCUT2D eigenvalue weighted by atomic mass is 9.93. The summed E-state index contributed by atoms with van der Waals surface area (Å²) in [5, 5.41) is 3.05. The van der Waals surface area contributed by atoms with Crippen molar-refractivity contribution in [1.82, 2.24) is 5.32 Å². The number of rotatable bonds is 6. The van der Waals surface area contributed by atoms with Gasteiger partial charge in [0.25, 0.3) is 0 Å². The zero-order chi connectivity index (χ0) is 12.9. The van der Waals surface area contributed by atoms with Crippen LogP contribution in [0.4, 0.5) is 0 Å². The van der Waals surface area contributed by atoms with Crippen LogP contribution < -0.4 is 5.32 Å². The first-order chi connectivity index (χ1) is 7.93. The Morgan fingerprint density at radius 3 is 2.35 bits per heavy atom. The largest absolute Gasteiger partial charge is 0.381 e. The fourth-order valence-electron chi connectivity index (χ4n) is 2.05. The third kappa shape index (κ3) is 4.94. The summed E-state index contributed by atoms with van der Waals surface area (Å²) in [6.45, 7) is 7.83. The minimum Gasteiger partial charge on any atom is -0.381 e. The third-order valence-corrected chi connectivity index (χ3v) is 5.75. The molecule has 4 nitrogen and oxygen atoms in total. The molecule has 0 amide bonds. The number of hydrogen-bond acceptors (Lipinski definition) is 4. The zero-order valence-electron chi connectivity index (χ0n) is 11.1. The normalized spacial score (nSPS) is 20.7.